The minimum atomic E-state index is 0.699. The lowest BCUT2D eigenvalue weighted by Gasteiger charge is -2.31. The molecule has 30 heavy (non-hydrogen) atoms. The van der Waals surface area contributed by atoms with E-state index in [0.29, 0.717) is 26.4 Å². The Morgan fingerprint density at radius 3 is 1.93 bits per heavy atom. The Morgan fingerprint density at radius 2 is 1.37 bits per heavy atom. The molecule has 0 bridgehead atoms. The Morgan fingerprint density at radius 1 is 0.800 bits per heavy atom. The SMILES string of the molecule is COc1ccc(-c2cc3c(N4CCOCC4)nnc(N4CCOCC4)c3cn2)cc1. The number of hydrogen-bond donors (Lipinski definition) is 0. The molecule has 2 aliphatic rings. The Kier molecular flexibility index (Phi) is 5.33. The molecular formula is C22H25N5O3. The van der Waals surface area contributed by atoms with Crippen molar-refractivity contribution >= 4 is 22.4 Å². The highest BCUT2D eigenvalue weighted by Gasteiger charge is 2.22. The number of methoxy groups -OCH3 is 1. The van der Waals surface area contributed by atoms with Crippen molar-refractivity contribution in [1.29, 1.82) is 0 Å². The Labute approximate surface area is 175 Å². The van der Waals surface area contributed by atoms with E-state index in [1.54, 1.807) is 7.11 Å². The molecule has 4 heterocycles. The zero-order valence-corrected chi connectivity index (χ0v) is 17.1. The van der Waals surface area contributed by atoms with Crippen molar-refractivity contribution in [2.24, 2.45) is 0 Å². The van der Waals surface area contributed by atoms with Gasteiger partial charge in [0, 0.05) is 48.7 Å². The van der Waals surface area contributed by atoms with Crippen LogP contribution < -0.4 is 14.5 Å². The summed E-state index contributed by atoms with van der Waals surface area (Å²) in [6.07, 6.45) is 1.93. The predicted octanol–water partition coefficient (Wildman–Crippen LogP) is 2.37. The summed E-state index contributed by atoms with van der Waals surface area (Å²) in [6.45, 7) is 6.02. The third-order valence-electron chi connectivity index (χ3n) is 5.63. The Hall–Kier alpha value is -2.97. The number of pyridine rings is 1. The van der Waals surface area contributed by atoms with Crippen LogP contribution in [0.4, 0.5) is 11.6 Å². The van der Waals surface area contributed by atoms with Gasteiger partial charge in [-0.2, -0.15) is 0 Å². The second kappa shape index (κ2) is 8.41. The van der Waals surface area contributed by atoms with Crippen LogP contribution in [0.5, 0.6) is 5.75 Å². The maximum Gasteiger partial charge on any atom is 0.161 e. The van der Waals surface area contributed by atoms with E-state index in [1.165, 1.54) is 0 Å². The fourth-order valence-corrected chi connectivity index (χ4v) is 3.96. The van der Waals surface area contributed by atoms with Crippen LogP contribution in [0.1, 0.15) is 0 Å². The summed E-state index contributed by atoms with van der Waals surface area (Å²) >= 11 is 0. The summed E-state index contributed by atoms with van der Waals surface area (Å²) in [5, 5.41) is 11.4. The van der Waals surface area contributed by atoms with E-state index < -0.39 is 0 Å². The highest BCUT2D eigenvalue weighted by atomic mass is 16.5. The molecule has 8 heteroatoms. The van der Waals surface area contributed by atoms with Gasteiger partial charge in [0.25, 0.3) is 0 Å². The topological polar surface area (TPSA) is 72.8 Å². The lowest BCUT2D eigenvalue weighted by Crippen LogP contribution is -2.38. The average molecular weight is 407 g/mol. The van der Waals surface area contributed by atoms with Crippen molar-refractivity contribution < 1.29 is 14.2 Å². The van der Waals surface area contributed by atoms with Crippen LogP contribution in [0, 0.1) is 0 Å². The van der Waals surface area contributed by atoms with Gasteiger partial charge in [-0.05, 0) is 30.3 Å². The van der Waals surface area contributed by atoms with E-state index in [4.69, 9.17) is 19.2 Å². The van der Waals surface area contributed by atoms with Gasteiger partial charge in [-0.1, -0.05) is 0 Å². The summed E-state index contributed by atoms with van der Waals surface area (Å²) in [4.78, 5) is 9.25. The minimum Gasteiger partial charge on any atom is -0.497 e. The summed E-state index contributed by atoms with van der Waals surface area (Å²) in [5.41, 5.74) is 1.94. The van der Waals surface area contributed by atoms with Crippen molar-refractivity contribution in [3.05, 3.63) is 36.5 Å². The zero-order chi connectivity index (χ0) is 20.3. The number of ether oxygens (including phenoxy) is 3. The predicted molar refractivity (Wildman–Crippen MR) is 115 cm³/mol. The molecule has 3 aromatic rings. The second-order valence-corrected chi connectivity index (χ2v) is 7.39. The van der Waals surface area contributed by atoms with Crippen molar-refractivity contribution in [3.63, 3.8) is 0 Å². The quantitative estimate of drug-likeness (QED) is 0.653. The van der Waals surface area contributed by atoms with Gasteiger partial charge in [-0.3, -0.25) is 4.98 Å². The van der Waals surface area contributed by atoms with Gasteiger partial charge < -0.3 is 24.0 Å². The van der Waals surface area contributed by atoms with Crippen LogP contribution in [0.2, 0.25) is 0 Å². The van der Waals surface area contributed by atoms with Crippen molar-refractivity contribution in [2.45, 2.75) is 0 Å². The first kappa shape index (κ1) is 19.0. The molecule has 0 saturated carbocycles. The number of fused-ring (bicyclic) bond motifs is 1. The van der Waals surface area contributed by atoms with E-state index in [0.717, 1.165) is 65.6 Å². The van der Waals surface area contributed by atoms with Crippen molar-refractivity contribution in [3.8, 4) is 17.0 Å². The molecule has 156 valence electrons. The van der Waals surface area contributed by atoms with Gasteiger partial charge in [0.15, 0.2) is 11.6 Å². The largest absolute Gasteiger partial charge is 0.497 e. The number of rotatable bonds is 4. The minimum absolute atomic E-state index is 0.699. The number of benzene rings is 1. The lowest BCUT2D eigenvalue weighted by atomic mass is 10.1. The molecule has 0 radical (unpaired) electrons. The molecule has 2 aromatic heterocycles. The van der Waals surface area contributed by atoms with E-state index in [1.807, 2.05) is 30.5 Å². The monoisotopic (exact) mass is 407 g/mol. The molecule has 0 unspecified atom stereocenters. The summed E-state index contributed by atoms with van der Waals surface area (Å²) < 4.78 is 16.3. The maximum absolute atomic E-state index is 5.53. The zero-order valence-electron chi connectivity index (χ0n) is 17.1. The van der Waals surface area contributed by atoms with E-state index in [-0.39, 0.29) is 0 Å². The highest BCUT2D eigenvalue weighted by molar-refractivity contribution is 6.00. The molecule has 8 nitrogen and oxygen atoms in total. The highest BCUT2D eigenvalue weighted by Crippen LogP contribution is 2.33. The van der Waals surface area contributed by atoms with Crippen molar-refractivity contribution in [2.75, 3.05) is 69.5 Å². The second-order valence-electron chi connectivity index (χ2n) is 7.39. The van der Waals surface area contributed by atoms with Crippen LogP contribution in [0.15, 0.2) is 36.5 Å². The Bertz CT molecular complexity index is 1020. The molecule has 0 amide bonds. The summed E-state index contributed by atoms with van der Waals surface area (Å²) in [5.74, 6) is 2.59. The molecule has 0 spiro atoms. The smallest absolute Gasteiger partial charge is 0.161 e. The van der Waals surface area contributed by atoms with Crippen LogP contribution in [-0.2, 0) is 9.47 Å². The molecule has 2 fully saturated rings. The molecule has 0 aliphatic carbocycles. The summed E-state index contributed by atoms with van der Waals surface area (Å²) in [6, 6.07) is 10.1. The van der Waals surface area contributed by atoms with Gasteiger partial charge in [0.2, 0.25) is 0 Å². The molecule has 5 rings (SSSR count). The van der Waals surface area contributed by atoms with E-state index in [2.05, 4.69) is 26.1 Å². The molecule has 1 aromatic carbocycles. The lowest BCUT2D eigenvalue weighted by molar-refractivity contribution is 0.122. The first-order valence-electron chi connectivity index (χ1n) is 10.3. The first-order chi connectivity index (χ1) is 14.8. The van der Waals surface area contributed by atoms with Crippen LogP contribution >= 0.6 is 0 Å². The molecular weight excluding hydrogens is 382 g/mol. The standard InChI is InChI=1S/C22H25N5O3/c1-28-17-4-2-16(3-5-17)20-14-18-19(15-23-20)22(27-8-12-30-13-9-27)25-24-21(18)26-6-10-29-11-7-26/h2-5,14-15H,6-13H2,1H3. The number of hydrogen-bond acceptors (Lipinski definition) is 8. The third-order valence-corrected chi connectivity index (χ3v) is 5.63. The van der Waals surface area contributed by atoms with E-state index in [9.17, 15) is 0 Å². The van der Waals surface area contributed by atoms with Gasteiger partial charge in [-0.15, -0.1) is 10.2 Å². The maximum atomic E-state index is 5.53. The van der Waals surface area contributed by atoms with Gasteiger partial charge >= 0.3 is 0 Å². The number of morpholine rings is 2. The van der Waals surface area contributed by atoms with Gasteiger partial charge in [0.05, 0.1) is 39.2 Å². The van der Waals surface area contributed by atoms with Crippen LogP contribution in [-0.4, -0.2) is 74.9 Å². The number of nitrogens with zero attached hydrogens (tertiary/aromatic N) is 5. The summed E-state index contributed by atoms with van der Waals surface area (Å²) in [7, 11) is 1.67. The van der Waals surface area contributed by atoms with Gasteiger partial charge in [0.1, 0.15) is 5.75 Å². The normalized spacial score (nSPS) is 17.4. The van der Waals surface area contributed by atoms with Gasteiger partial charge in [-0.25, -0.2) is 0 Å². The fraction of sp³-hybridized carbons (Fsp3) is 0.409. The number of anilines is 2. The molecule has 2 aliphatic heterocycles. The van der Waals surface area contributed by atoms with Crippen molar-refractivity contribution in [1.82, 2.24) is 15.2 Å². The fourth-order valence-electron chi connectivity index (χ4n) is 3.96. The molecule has 2 saturated heterocycles. The van der Waals surface area contributed by atoms with Crippen LogP contribution in [0.25, 0.3) is 22.0 Å². The third kappa shape index (κ3) is 3.64. The van der Waals surface area contributed by atoms with Crippen LogP contribution in [0.3, 0.4) is 0 Å². The molecule has 0 atom stereocenters. The Balaban J connectivity index is 1.62. The number of aromatic nitrogens is 3. The first-order valence-corrected chi connectivity index (χ1v) is 10.3. The average Bonchev–Trinajstić information content (AvgIpc) is 2.84. The van der Waals surface area contributed by atoms with E-state index >= 15 is 0 Å². The molecule has 0 N–H and O–H groups in total.